The van der Waals surface area contributed by atoms with Gasteiger partial charge in [0.1, 0.15) is 17.3 Å². The van der Waals surface area contributed by atoms with Crippen molar-refractivity contribution in [3.05, 3.63) is 30.2 Å². The Morgan fingerprint density at radius 3 is 2.79 bits per heavy atom. The highest BCUT2D eigenvalue weighted by atomic mass is 16.5. The van der Waals surface area contributed by atoms with Crippen molar-refractivity contribution in [3.63, 3.8) is 0 Å². The summed E-state index contributed by atoms with van der Waals surface area (Å²) < 4.78 is 10.6. The van der Waals surface area contributed by atoms with Crippen molar-refractivity contribution < 1.29 is 9.47 Å². The quantitative estimate of drug-likeness (QED) is 0.837. The molecule has 0 spiro atoms. The second-order valence-corrected chi connectivity index (χ2v) is 4.09. The van der Waals surface area contributed by atoms with Crippen molar-refractivity contribution in [1.82, 2.24) is 15.3 Å². The van der Waals surface area contributed by atoms with Gasteiger partial charge in [0.15, 0.2) is 0 Å². The molecule has 0 aliphatic carbocycles. The number of nitrogens with zero attached hydrogens (tertiary/aromatic N) is 1. The van der Waals surface area contributed by atoms with E-state index < -0.39 is 0 Å². The number of aromatic nitrogens is 2. The fourth-order valence-electron chi connectivity index (χ4n) is 1.85. The SMILES string of the molecule is CCNCc1ncc(-c2ccc(OC)cc2OC)[nH]1. The Labute approximate surface area is 113 Å². The van der Waals surface area contributed by atoms with Crippen molar-refractivity contribution in [2.24, 2.45) is 0 Å². The van der Waals surface area contributed by atoms with Crippen LogP contribution in [0.15, 0.2) is 24.4 Å². The van der Waals surface area contributed by atoms with Gasteiger partial charge in [-0.25, -0.2) is 4.98 Å². The summed E-state index contributed by atoms with van der Waals surface area (Å²) in [6, 6.07) is 5.73. The molecule has 0 aliphatic heterocycles. The predicted molar refractivity (Wildman–Crippen MR) is 74.5 cm³/mol. The lowest BCUT2D eigenvalue weighted by Gasteiger charge is -2.08. The number of imidazole rings is 1. The summed E-state index contributed by atoms with van der Waals surface area (Å²) >= 11 is 0. The molecule has 0 saturated heterocycles. The number of methoxy groups -OCH3 is 2. The van der Waals surface area contributed by atoms with Crippen LogP contribution in [0.2, 0.25) is 0 Å². The average Bonchev–Trinajstić information content (AvgIpc) is 2.92. The Morgan fingerprint density at radius 1 is 1.26 bits per heavy atom. The predicted octanol–water partition coefficient (Wildman–Crippen LogP) is 2.20. The number of benzene rings is 1. The lowest BCUT2D eigenvalue weighted by Crippen LogP contribution is -2.12. The highest BCUT2D eigenvalue weighted by Crippen LogP contribution is 2.32. The molecule has 2 rings (SSSR count). The van der Waals surface area contributed by atoms with Crippen LogP contribution >= 0.6 is 0 Å². The van der Waals surface area contributed by atoms with Crippen LogP contribution in [0.4, 0.5) is 0 Å². The first-order valence-electron chi connectivity index (χ1n) is 6.25. The van der Waals surface area contributed by atoms with E-state index in [4.69, 9.17) is 9.47 Å². The molecular formula is C14H19N3O2. The minimum absolute atomic E-state index is 0.731. The monoisotopic (exact) mass is 261 g/mol. The maximum atomic E-state index is 5.39. The molecule has 0 aliphatic rings. The molecule has 102 valence electrons. The lowest BCUT2D eigenvalue weighted by atomic mass is 10.1. The zero-order valence-electron chi connectivity index (χ0n) is 11.5. The van der Waals surface area contributed by atoms with E-state index in [1.807, 2.05) is 24.4 Å². The lowest BCUT2D eigenvalue weighted by molar-refractivity contribution is 0.395. The van der Waals surface area contributed by atoms with Gasteiger partial charge >= 0.3 is 0 Å². The third-order valence-corrected chi connectivity index (χ3v) is 2.87. The topological polar surface area (TPSA) is 59.2 Å². The van der Waals surface area contributed by atoms with E-state index in [1.54, 1.807) is 14.2 Å². The molecule has 5 nitrogen and oxygen atoms in total. The number of hydrogen-bond acceptors (Lipinski definition) is 4. The van der Waals surface area contributed by atoms with Crippen LogP contribution in [-0.2, 0) is 6.54 Å². The van der Waals surface area contributed by atoms with E-state index >= 15 is 0 Å². The first kappa shape index (κ1) is 13.4. The van der Waals surface area contributed by atoms with Crippen LogP contribution in [0.25, 0.3) is 11.3 Å². The second kappa shape index (κ2) is 6.24. The van der Waals surface area contributed by atoms with Crippen LogP contribution in [-0.4, -0.2) is 30.7 Å². The minimum atomic E-state index is 0.731. The number of H-pyrrole nitrogens is 1. The molecule has 2 N–H and O–H groups in total. The molecule has 1 heterocycles. The van der Waals surface area contributed by atoms with Gasteiger partial charge in [-0.3, -0.25) is 0 Å². The van der Waals surface area contributed by atoms with Crippen LogP contribution in [0.3, 0.4) is 0 Å². The summed E-state index contributed by atoms with van der Waals surface area (Å²) in [5.74, 6) is 2.45. The van der Waals surface area contributed by atoms with Crippen LogP contribution < -0.4 is 14.8 Å². The summed E-state index contributed by atoms with van der Waals surface area (Å²) in [6.45, 7) is 3.72. The maximum Gasteiger partial charge on any atom is 0.131 e. The first-order valence-corrected chi connectivity index (χ1v) is 6.25. The van der Waals surface area contributed by atoms with Gasteiger partial charge in [0.2, 0.25) is 0 Å². The van der Waals surface area contributed by atoms with Crippen LogP contribution in [0.5, 0.6) is 11.5 Å². The summed E-state index contributed by atoms with van der Waals surface area (Å²) in [4.78, 5) is 7.63. The van der Waals surface area contributed by atoms with Gasteiger partial charge in [0, 0.05) is 11.6 Å². The summed E-state index contributed by atoms with van der Waals surface area (Å²) in [5, 5.41) is 3.23. The number of ether oxygens (including phenoxy) is 2. The molecule has 0 atom stereocenters. The molecule has 1 aromatic carbocycles. The molecule has 0 amide bonds. The molecule has 0 fully saturated rings. The van der Waals surface area contributed by atoms with Crippen molar-refractivity contribution in [2.75, 3.05) is 20.8 Å². The standard InChI is InChI=1S/C14H19N3O2/c1-4-15-9-14-16-8-12(17-14)11-6-5-10(18-2)7-13(11)19-3/h5-8,15H,4,9H2,1-3H3,(H,16,17). The molecule has 0 saturated carbocycles. The van der Waals surface area contributed by atoms with E-state index in [-0.39, 0.29) is 0 Å². The van der Waals surface area contributed by atoms with E-state index in [1.165, 1.54) is 0 Å². The molecule has 19 heavy (non-hydrogen) atoms. The zero-order chi connectivity index (χ0) is 13.7. The molecular weight excluding hydrogens is 242 g/mol. The first-order chi connectivity index (χ1) is 9.28. The third kappa shape index (κ3) is 3.06. The molecule has 0 radical (unpaired) electrons. The summed E-state index contributed by atoms with van der Waals surface area (Å²) in [5.41, 5.74) is 1.91. The van der Waals surface area contributed by atoms with E-state index in [0.29, 0.717) is 0 Å². The zero-order valence-corrected chi connectivity index (χ0v) is 11.5. The van der Waals surface area contributed by atoms with Crippen molar-refractivity contribution in [1.29, 1.82) is 0 Å². The Hall–Kier alpha value is -2.01. The highest BCUT2D eigenvalue weighted by molar-refractivity contribution is 5.68. The maximum absolute atomic E-state index is 5.39. The van der Waals surface area contributed by atoms with Gasteiger partial charge in [0.05, 0.1) is 32.7 Å². The van der Waals surface area contributed by atoms with E-state index in [0.717, 1.165) is 41.7 Å². The Kier molecular flexibility index (Phi) is 4.41. The number of aromatic amines is 1. The van der Waals surface area contributed by atoms with Gasteiger partial charge in [-0.1, -0.05) is 6.92 Å². The van der Waals surface area contributed by atoms with Gasteiger partial charge in [0.25, 0.3) is 0 Å². The van der Waals surface area contributed by atoms with Crippen LogP contribution in [0.1, 0.15) is 12.7 Å². The normalized spacial score (nSPS) is 10.5. The largest absolute Gasteiger partial charge is 0.497 e. The van der Waals surface area contributed by atoms with Crippen molar-refractivity contribution in [2.45, 2.75) is 13.5 Å². The Balaban J connectivity index is 2.27. The number of nitrogens with one attached hydrogen (secondary N) is 2. The molecule has 1 aromatic heterocycles. The smallest absolute Gasteiger partial charge is 0.131 e. The Bertz CT molecular complexity index is 537. The average molecular weight is 261 g/mol. The van der Waals surface area contributed by atoms with Crippen molar-refractivity contribution >= 4 is 0 Å². The van der Waals surface area contributed by atoms with Gasteiger partial charge in [-0.05, 0) is 18.7 Å². The fourth-order valence-corrected chi connectivity index (χ4v) is 1.85. The van der Waals surface area contributed by atoms with E-state index in [9.17, 15) is 0 Å². The highest BCUT2D eigenvalue weighted by Gasteiger charge is 2.10. The molecule has 0 bridgehead atoms. The Morgan fingerprint density at radius 2 is 2.11 bits per heavy atom. The number of rotatable bonds is 6. The van der Waals surface area contributed by atoms with Gasteiger partial charge < -0.3 is 19.8 Å². The van der Waals surface area contributed by atoms with Gasteiger partial charge in [-0.2, -0.15) is 0 Å². The van der Waals surface area contributed by atoms with Crippen molar-refractivity contribution in [3.8, 4) is 22.8 Å². The van der Waals surface area contributed by atoms with Crippen LogP contribution in [0, 0.1) is 0 Å². The van der Waals surface area contributed by atoms with E-state index in [2.05, 4.69) is 22.2 Å². The molecule has 0 unspecified atom stereocenters. The molecule has 5 heteroatoms. The molecule has 2 aromatic rings. The van der Waals surface area contributed by atoms with Gasteiger partial charge in [-0.15, -0.1) is 0 Å². The summed E-state index contributed by atoms with van der Waals surface area (Å²) in [6.07, 6.45) is 1.82. The second-order valence-electron chi connectivity index (χ2n) is 4.09. The number of hydrogen-bond donors (Lipinski definition) is 2. The fraction of sp³-hybridized carbons (Fsp3) is 0.357. The third-order valence-electron chi connectivity index (χ3n) is 2.87. The minimum Gasteiger partial charge on any atom is -0.497 e. The summed E-state index contributed by atoms with van der Waals surface area (Å²) in [7, 11) is 3.29.